The Morgan fingerprint density at radius 3 is 2.84 bits per heavy atom. The fraction of sp³-hybridized carbons (Fsp3) is 0.143. The van der Waals surface area contributed by atoms with Crippen molar-refractivity contribution in [3.8, 4) is 5.75 Å². The lowest BCUT2D eigenvalue weighted by Crippen LogP contribution is -2.23. The molecule has 0 unspecified atom stereocenters. The predicted octanol–water partition coefficient (Wildman–Crippen LogP) is 1.49. The van der Waals surface area contributed by atoms with Crippen LogP contribution in [-0.2, 0) is 11.2 Å². The number of phenolic OH excluding ortho intramolecular Hbond substituents is 1. The highest BCUT2D eigenvalue weighted by atomic mass is 16.3. The van der Waals surface area contributed by atoms with E-state index in [-0.39, 0.29) is 11.7 Å². The first-order valence-electron chi connectivity index (χ1n) is 5.97. The second-order valence-electron chi connectivity index (χ2n) is 4.00. The number of hydrogen-bond donors (Lipinski definition) is 3. The zero-order valence-electron chi connectivity index (χ0n) is 10.3. The molecule has 5 heteroatoms. The number of nitrogens with one attached hydrogen (secondary N) is 2. The molecule has 1 heterocycles. The maximum absolute atomic E-state index is 11.5. The molecule has 0 bridgehead atoms. The van der Waals surface area contributed by atoms with E-state index in [9.17, 15) is 4.79 Å². The summed E-state index contributed by atoms with van der Waals surface area (Å²) in [5.41, 5.74) is 0.860. The number of hydrogen-bond acceptors (Lipinski definition) is 3. The second-order valence-corrected chi connectivity index (χ2v) is 4.00. The summed E-state index contributed by atoms with van der Waals surface area (Å²) in [5, 5.41) is 11.9. The molecule has 5 nitrogen and oxygen atoms in total. The molecule has 0 saturated carbocycles. The van der Waals surface area contributed by atoms with Gasteiger partial charge in [-0.25, -0.2) is 4.98 Å². The van der Waals surface area contributed by atoms with E-state index in [0.717, 1.165) is 11.4 Å². The zero-order valence-corrected chi connectivity index (χ0v) is 10.3. The summed E-state index contributed by atoms with van der Waals surface area (Å²) in [7, 11) is 0. The Hall–Kier alpha value is -2.56. The number of H-pyrrole nitrogens is 1. The maximum atomic E-state index is 11.5. The fourth-order valence-corrected chi connectivity index (χ4v) is 1.56. The highest BCUT2D eigenvalue weighted by molar-refractivity contribution is 5.91. The van der Waals surface area contributed by atoms with E-state index in [4.69, 9.17) is 5.11 Å². The summed E-state index contributed by atoms with van der Waals surface area (Å²) in [5.74, 6) is 0.905. The Labute approximate surface area is 111 Å². The van der Waals surface area contributed by atoms with E-state index < -0.39 is 0 Å². The van der Waals surface area contributed by atoms with E-state index in [1.807, 2.05) is 0 Å². The molecule has 0 saturated heterocycles. The van der Waals surface area contributed by atoms with E-state index in [2.05, 4.69) is 15.3 Å². The van der Waals surface area contributed by atoms with Crippen LogP contribution in [0.4, 0.5) is 0 Å². The van der Waals surface area contributed by atoms with E-state index in [0.29, 0.717) is 13.0 Å². The quantitative estimate of drug-likeness (QED) is 0.710. The first kappa shape index (κ1) is 12.9. The Morgan fingerprint density at radius 1 is 1.37 bits per heavy atom. The van der Waals surface area contributed by atoms with Crippen LogP contribution in [0.1, 0.15) is 11.4 Å². The van der Waals surface area contributed by atoms with Crippen LogP contribution in [0.15, 0.2) is 42.7 Å². The van der Waals surface area contributed by atoms with Gasteiger partial charge in [0.05, 0.1) is 0 Å². The van der Waals surface area contributed by atoms with Crippen molar-refractivity contribution in [2.75, 3.05) is 6.54 Å². The summed E-state index contributed by atoms with van der Waals surface area (Å²) in [6.45, 7) is 0.534. The predicted molar refractivity (Wildman–Crippen MR) is 72.4 cm³/mol. The molecular formula is C14H15N3O2. The Bertz CT molecular complexity index is 545. The number of amides is 1. The topological polar surface area (TPSA) is 78.0 Å². The summed E-state index contributed by atoms with van der Waals surface area (Å²) >= 11 is 0. The number of nitrogens with zero attached hydrogens (tertiary/aromatic N) is 1. The monoisotopic (exact) mass is 257 g/mol. The van der Waals surface area contributed by atoms with Crippen LogP contribution in [0, 0.1) is 0 Å². The van der Waals surface area contributed by atoms with Gasteiger partial charge in [-0.1, -0.05) is 12.1 Å². The van der Waals surface area contributed by atoms with Gasteiger partial charge in [-0.15, -0.1) is 0 Å². The number of carbonyl (C=O) groups excluding carboxylic acids is 1. The standard InChI is InChI=1S/C14H15N3O2/c18-12-4-1-11(2-5-12)3-6-14(19)17-8-7-13-15-9-10-16-13/h1-6,9-10,18H,7-8H2,(H,15,16)(H,17,19)/b6-3+. The zero-order chi connectivity index (χ0) is 13.5. The summed E-state index contributed by atoms with van der Waals surface area (Å²) in [6, 6.07) is 6.63. The van der Waals surface area contributed by atoms with Gasteiger partial charge < -0.3 is 15.4 Å². The molecule has 0 aliphatic rings. The van der Waals surface area contributed by atoms with Gasteiger partial charge in [0, 0.05) is 31.4 Å². The van der Waals surface area contributed by atoms with Crippen molar-refractivity contribution in [1.82, 2.24) is 15.3 Å². The molecule has 1 aromatic heterocycles. The molecule has 0 radical (unpaired) electrons. The Balaban J connectivity index is 1.76. The average Bonchev–Trinajstić information content (AvgIpc) is 2.91. The van der Waals surface area contributed by atoms with Crippen molar-refractivity contribution in [3.05, 3.63) is 54.1 Å². The first-order chi connectivity index (χ1) is 9.24. The van der Waals surface area contributed by atoms with Gasteiger partial charge in [0.1, 0.15) is 11.6 Å². The third-order valence-electron chi connectivity index (χ3n) is 2.54. The van der Waals surface area contributed by atoms with Crippen LogP contribution in [0.3, 0.4) is 0 Å². The molecule has 0 aliphatic carbocycles. The van der Waals surface area contributed by atoms with Crippen molar-refractivity contribution in [1.29, 1.82) is 0 Å². The summed E-state index contributed by atoms with van der Waals surface area (Å²) in [4.78, 5) is 18.6. The lowest BCUT2D eigenvalue weighted by molar-refractivity contribution is -0.116. The molecule has 1 amide bonds. The molecule has 2 rings (SSSR count). The lowest BCUT2D eigenvalue weighted by Gasteiger charge is -2.00. The molecule has 0 fully saturated rings. The van der Waals surface area contributed by atoms with E-state index >= 15 is 0 Å². The third kappa shape index (κ3) is 4.31. The number of aromatic hydroxyl groups is 1. The van der Waals surface area contributed by atoms with Crippen LogP contribution >= 0.6 is 0 Å². The summed E-state index contributed by atoms with van der Waals surface area (Å²) < 4.78 is 0. The van der Waals surface area contributed by atoms with Crippen molar-refractivity contribution in [2.24, 2.45) is 0 Å². The minimum atomic E-state index is -0.153. The molecule has 0 aliphatic heterocycles. The fourth-order valence-electron chi connectivity index (χ4n) is 1.56. The minimum Gasteiger partial charge on any atom is -0.508 e. The number of carbonyl (C=O) groups is 1. The van der Waals surface area contributed by atoms with Crippen molar-refractivity contribution >= 4 is 12.0 Å². The number of aromatic amines is 1. The number of imidazole rings is 1. The molecule has 0 spiro atoms. The average molecular weight is 257 g/mol. The lowest BCUT2D eigenvalue weighted by atomic mass is 10.2. The van der Waals surface area contributed by atoms with Gasteiger partial charge in [-0.05, 0) is 23.8 Å². The highest BCUT2D eigenvalue weighted by Gasteiger charge is 1.97. The molecule has 1 aromatic carbocycles. The van der Waals surface area contributed by atoms with Gasteiger partial charge in [-0.3, -0.25) is 4.79 Å². The molecule has 98 valence electrons. The van der Waals surface area contributed by atoms with Crippen LogP contribution in [0.5, 0.6) is 5.75 Å². The number of benzene rings is 1. The van der Waals surface area contributed by atoms with Gasteiger partial charge >= 0.3 is 0 Å². The maximum Gasteiger partial charge on any atom is 0.244 e. The molecule has 19 heavy (non-hydrogen) atoms. The van der Waals surface area contributed by atoms with E-state index in [1.165, 1.54) is 6.08 Å². The first-order valence-corrected chi connectivity index (χ1v) is 5.97. The Kier molecular flexibility index (Phi) is 4.34. The number of aromatic nitrogens is 2. The Morgan fingerprint density at radius 2 is 2.16 bits per heavy atom. The van der Waals surface area contributed by atoms with Crippen molar-refractivity contribution in [2.45, 2.75) is 6.42 Å². The number of rotatable bonds is 5. The van der Waals surface area contributed by atoms with Crippen LogP contribution < -0.4 is 5.32 Å². The summed E-state index contributed by atoms with van der Waals surface area (Å²) in [6.07, 6.45) is 7.27. The van der Waals surface area contributed by atoms with Gasteiger partial charge in [-0.2, -0.15) is 0 Å². The van der Waals surface area contributed by atoms with Gasteiger partial charge in [0.15, 0.2) is 0 Å². The number of phenols is 1. The second kappa shape index (κ2) is 6.39. The third-order valence-corrected chi connectivity index (χ3v) is 2.54. The van der Waals surface area contributed by atoms with Crippen molar-refractivity contribution in [3.63, 3.8) is 0 Å². The molecular weight excluding hydrogens is 242 g/mol. The normalized spacial score (nSPS) is 10.7. The molecule has 3 N–H and O–H groups in total. The molecule has 2 aromatic rings. The van der Waals surface area contributed by atoms with Crippen molar-refractivity contribution < 1.29 is 9.90 Å². The van der Waals surface area contributed by atoms with Crippen LogP contribution in [0.2, 0.25) is 0 Å². The SMILES string of the molecule is O=C(/C=C/c1ccc(O)cc1)NCCc1ncc[nH]1. The van der Waals surface area contributed by atoms with Crippen LogP contribution in [-0.4, -0.2) is 27.5 Å². The largest absolute Gasteiger partial charge is 0.508 e. The molecule has 0 atom stereocenters. The van der Waals surface area contributed by atoms with Gasteiger partial charge in [0.2, 0.25) is 5.91 Å². The van der Waals surface area contributed by atoms with E-state index in [1.54, 1.807) is 42.7 Å². The van der Waals surface area contributed by atoms with Crippen LogP contribution in [0.25, 0.3) is 6.08 Å². The minimum absolute atomic E-state index is 0.153. The highest BCUT2D eigenvalue weighted by Crippen LogP contribution is 2.10. The van der Waals surface area contributed by atoms with Gasteiger partial charge in [0.25, 0.3) is 0 Å². The smallest absolute Gasteiger partial charge is 0.244 e.